The van der Waals surface area contributed by atoms with Gasteiger partial charge in [0.1, 0.15) is 23.9 Å². The van der Waals surface area contributed by atoms with Gasteiger partial charge in [-0.15, -0.1) is 0 Å². The van der Waals surface area contributed by atoms with Gasteiger partial charge in [0, 0.05) is 17.5 Å². The molecule has 1 saturated heterocycles. The highest BCUT2D eigenvalue weighted by Gasteiger charge is 2.56. The average molecular weight is 397 g/mol. The summed E-state index contributed by atoms with van der Waals surface area (Å²) in [7, 11) is 0. The molecule has 1 aliphatic heterocycles. The van der Waals surface area contributed by atoms with E-state index in [1.807, 2.05) is 33.0 Å². The van der Waals surface area contributed by atoms with E-state index in [4.69, 9.17) is 9.47 Å². The van der Waals surface area contributed by atoms with E-state index in [-0.39, 0.29) is 30.0 Å². The number of benzene rings is 1. The highest BCUT2D eigenvalue weighted by Crippen LogP contribution is 2.51. The number of halogens is 1. The van der Waals surface area contributed by atoms with Crippen LogP contribution in [0.1, 0.15) is 43.7 Å². The van der Waals surface area contributed by atoms with Crippen LogP contribution in [0.15, 0.2) is 42.9 Å². The van der Waals surface area contributed by atoms with Crippen LogP contribution in [0, 0.1) is 18.7 Å². The lowest BCUT2D eigenvalue weighted by Gasteiger charge is -2.26. The van der Waals surface area contributed by atoms with Crippen LogP contribution in [0.4, 0.5) is 4.39 Å². The van der Waals surface area contributed by atoms with Crippen LogP contribution in [-0.2, 0) is 9.47 Å². The predicted octanol–water partition coefficient (Wildman–Crippen LogP) is 3.69. The molecule has 3 aromatic rings. The van der Waals surface area contributed by atoms with Crippen LogP contribution in [0.5, 0.6) is 0 Å². The molecule has 1 aliphatic carbocycles. The van der Waals surface area contributed by atoms with Crippen LogP contribution in [0.2, 0.25) is 0 Å². The molecule has 1 saturated carbocycles. The predicted molar refractivity (Wildman–Crippen MR) is 105 cm³/mol. The second-order valence-electron chi connectivity index (χ2n) is 8.45. The Hall–Kier alpha value is -2.35. The van der Waals surface area contributed by atoms with Crippen molar-refractivity contribution in [2.45, 2.75) is 57.3 Å². The Kier molecular flexibility index (Phi) is 4.24. The van der Waals surface area contributed by atoms with E-state index >= 15 is 0 Å². The second kappa shape index (κ2) is 6.58. The monoisotopic (exact) mass is 397 g/mol. The van der Waals surface area contributed by atoms with Crippen LogP contribution >= 0.6 is 0 Å². The topological polar surface area (TPSA) is 69.4 Å². The van der Waals surface area contributed by atoms with Crippen molar-refractivity contribution in [3.8, 4) is 0 Å². The van der Waals surface area contributed by atoms with Crippen molar-refractivity contribution in [2.24, 2.45) is 5.92 Å². The summed E-state index contributed by atoms with van der Waals surface area (Å²) >= 11 is 0. The van der Waals surface area contributed by atoms with Gasteiger partial charge in [-0.25, -0.2) is 14.4 Å². The van der Waals surface area contributed by atoms with Gasteiger partial charge in [-0.05, 0) is 51.0 Å². The summed E-state index contributed by atoms with van der Waals surface area (Å²) in [6.07, 6.45) is 2.99. The third kappa shape index (κ3) is 3.04. The van der Waals surface area contributed by atoms with Crippen molar-refractivity contribution in [3.63, 3.8) is 0 Å². The van der Waals surface area contributed by atoms with Gasteiger partial charge < -0.3 is 19.1 Å². The Morgan fingerprint density at radius 3 is 2.62 bits per heavy atom. The van der Waals surface area contributed by atoms with Crippen molar-refractivity contribution < 1.29 is 19.0 Å². The standard InChI is InChI=1S/C22H24FN3O3/c1-12-15-8-9-26(21(15)25-11-24-12)17-10-16(19-20(17)29-22(2,3)28-19)18(27)13-4-6-14(23)7-5-13/h4-9,11,16-20,27H,10H2,1-3H3/t16-,17-,18?,19-,20+/m1/s1. The lowest BCUT2D eigenvalue weighted by Crippen LogP contribution is -2.29. The summed E-state index contributed by atoms with van der Waals surface area (Å²) in [4.78, 5) is 8.76. The summed E-state index contributed by atoms with van der Waals surface area (Å²) in [5.41, 5.74) is 2.46. The fourth-order valence-corrected chi connectivity index (χ4v) is 4.85. The summed E-state index contributed by atoms with van der Waals surface area (Å²) in [6, 6.07) is 7.99. The van der Waals surface area contributed by atoms with Gasteiger partial charge in [0.15, 0.2) is 5.79 Å². The highest BCUT2D eigenvalue weighted by molar-refractivity contribution is 5.78. The first kappa shape index (κ1) is 18.7. The molecule has 6 nitrogen and oxygen atoms in total. The van der Waals surface area contributed by atoms with Crippen molar-refractivity contribution in [1.29, 1.82) is 0 Å². The van der Waals surface area contributed by atoms with Crippen LogP contribution in [0.3, 0.4) is 0 Å². The van der Waals surface area contributed by atoms with Crippen LogP contribution < -0.4 is 0 Å². The zero-order valence-electron chi connectivity index (χ0n) is 16.6. The van der Waals surface area contributed by atoms with Crippen molar-refractivity contribution in [2.75, 3.05) is 0 Å². The van der Waals surface area contributed by atoms with Gasteiger partial charge >= 0.3 is 0 Å². The smallest absolute Gasteiger partial charge is 0.163 e. The summed E-state index contributed by atoms with van der Waals surface area (Å²) in [5.74, 6) is -1.24. The lowest BCUT2D eigenvalue weighted by atomic mass is 9.92. The van der Waals surface area contributed by atoms with Gasteiger partial charge in [0.25, 0.3) is 0 Å². The number of aryl methyl sites for hydroxylation is 1. The summed E-state index contributed by atoms with van der Waals surface area (Å²) in [5, 5.41) is 12.1. The Morgan fingerprint density at radius 1 is 1.14 bits per heavy atom. The van der Waals surface area contributed by atoms with Crippen molar-refractivity contribution in [1.82, 2.24) is 14.5 Å². The Labute approximate surface area is 168 Å². The molecule has 1 aromatic carbocycles. The first-order chi connectivity index (χ1) is 13.8. The molecule has 152 valence electrons. The Morgan fingerprint density at radius 2 is 1.86 bits per heavy atom. The van der Waals surface area contributed by atoms with E-state index in [2.05, 4.69) is 14.5 Å². The molecule has 0 amide bonds. The number of nitrogens with zero attached hydrogens (tertiary/aromatic N) is 3. The maximum atomic E-state index is 13.3. The SMILES string of the molecule is Cc1ncnc2c1ccn2[C@@H]1C[C@H](C(O)c2ccc(F)cc2)[C@H]2OC(C)(C)O[C@H]21. The van der Waals surface area contributed by atoms with Crippen molar-refractivity contribution in [3.05, 3.63) is 59.9 Å². The van der Waals surface area contributed by atoms with Crippen LogP contribution in [0.25, 0.3) is 11.0 Å². The van der Waals surface area contributed by atoms with Gasteiger partial charge in [-0.2, -0.15) is 0 Å². The molecule has 2 aliphatic rings. The molecule has 1 N–H and O–H groups in total. The molecule has 5 atom stereocenters. The number of ether oxygens (including phenoxy) is 2. The Balaban J connectivity index is 1.53. The number of hydrogen-bond acceptors (Lipinski definition) is 5. The average Bonchev–Trinajstić information content (AvgIpc) is 3.33. The third-order valence-corrected chi connectivity index (χ3v) is 6.16. The third-order valence-electron chi connectivity index (χ3n) is 6.16. The van der Waals surface area contributed by atoms with Gasteiger partial charge in [-0.3, -0.25) is 0 Å². The number of fused-ring (bicyclic) bond motifs is 2. The van der Waals surface area contributed by atoms with Crippen molar-refractivity contribution >= 4 is 11.0 Å². The number of rotatable bonds is 3. The molecule has 1 unspecified atom stereocenters. The fraction of sp³-hybridized carbons (Fsp3) is 0.455. The Bertz CT molecular complexity index is 1050. The summed E-state index contributed by atoms with van der Waals surface area (Å²) in [6.45, 7) is 5.75. The number of hydrogen-bond donors (Lipinski definition) is 1. The van der Waals surface area contributed by atoms with E-state index in [1.54, 1.807) is 18.5 Å². The van der Waals surface area contributed by atoms with E-state index < -0.39 is 11.9 Å². The molecule has 29 heavy (non-hydrogen) atoms. The first-order valence-electron chi connectivity index (χ1n) is 9.91. The maximum absolute atomic E-state index is 13.3. The molecule has 0 spiro atoms. The molecule has 3 heterocycles. The largest absolute Gasteiger partial charge is 0.388 e. The summed E-state index contributed by atoms with van der Waals surface area (Å²) < 4.78 is 27.9. The van der Waals surface area contributed by atoms with Gasteiger partial charge in [0.05, 0.1) is 23.9 Å². The number of aliphatic hydroxyl groups is 1. The van der Waals surface area contributed by atoms with E-state index in [1.165, 1.54) is 12.1 Å². The first-order valence-corrected chi connectivity index (χ1v) is 9.91. The zero-order chi connectivity index (χ0) is 20.3. The van der Waals surface area contributed by atoms with Crippen LogP contribution in [-0.4, -0.2) is 37.6 Å². The number of aromatic nitrogens is 3. The lowest BCUT2D eigenvalue weighted by molar-refractivity contribution is -0.165. The minimum absolute atomic E-state index is 0.0336. The minimum atomic E-state index is -0.774. The minimum Gasteiger partial charge on any atom is -0.388 e. The van der Waals surface area contributed by atoms with E-state index in [0.717, 1.165) is 16.7 Å². The molecule has 0 bridgehead atoms. The molecule has 2 aromatic heterocycles. The highest BCUT2D eigenvalue weighted by atomic mass is 19.1. The van der Waals surface area contributed by atoms with Gasteiger partial charge in [0.2, 0.25) is 0 Å². The van der Waals surface area contributed by atoms with Gasteiger partial charge in [-0.1, -0.05) is 12.1 Å². The quantitative estimate of drug-likeness (QED) is 0.730. The second-order valence-corrected chi connectivity index (χ2v) is 8.45. The van der Waals surface area contributed by atoms with E-state index in [0.29, 0.717) is 12.0 Å². The number of aliphatic hydroxyl groups excluding tert-OH is 1. The molecule has 0 radical (unpaired) electrons. The molecular formula is C22H24FN3O3. The molecular weight excluding hydrogens is 373 g/mol. The zero-order valence-corrected chi connectivity index (χ0v) is 16.6. The molecule has 2 fully saturated rings. The normalized spacial score (nSPS) is 29.3. The fourth-order valence-electron chi connectivity index (χ4n) is 4.85. The maximum Gasteiger partial charge on any atom is 0.163 e. The van der Waals surface area contributed by atoms with E-state index in [9.17, 15) is 9.50 Å². The molecule has 5 rings (SSSR count). The molecule has 7 heteroatoms.